The summed E-state index contributed by atoms with van der Waals surface area (Å²) < 4.78 is 0.600. The van der Waals surface area contributed by atoms with Crippen molar-refractivity contribution in [2.45, 2.75) is 6.92 Å². The summed E-state index contributed by atoms with van der Waals surface area (Å²) in [6.07, 6.45) is 2.79. The molecule has 2 N–H and O–H groups in total. The van der Waals surface area contributed by atoms with Gasteiger partial charge in [-0.25, -0.2) is 0 Å². The van der Waals surface area contributed by atoms with Gasteiger partial charge in [0.25, 0.3) is 0 Å². The Kier molecular flexibility index (Phi) is 5.30. The van der Waals surface area contributed by atoms with Crippen LogP contribution in [0.15, 0.2) is 16.9 Å². The van der Waals surface area contributed by atoms with E-state index in [0.717, 1.165) is 6.54 Å². The summed E-state index contributed by atoms with van der Waals surface area (Å²) in [5, 5.41) is 17.0. The molecule has 0 bridgehead atoms. The van der Waals surface area contributed by atoms with E-state index in [1.165, 1.54) is 12.4 Å². The normalized spacial score (nSPS) is 12.2. The van der Waals surface area contributed by atoms with Crippen LogP contribution in [-0.4, -0.2) is 30.0 Å². The minimum Gasteiger partial charge on any atom is -0.378 e. The number of anilines is 1. The van der Waals surface area contributed by atoms with Crippen molar-refractivity contribution in [3.8, 4) is 0 Å². The highest BCUT2D eigenvalue weighted by atomic mass is 79.9. The largest absolute Gasteiger partial charge is 0.378 e. The Morgan fingerprint density at radius 3 is 2.82 bits per heavy atom. The van der Waals surface area contributed by atoms with Crippen LogP contribution >= 0.6 is 15.9 Å². The predicted octanol–water partition coefficient (Wildman–Crippen LogP) is 2.02. The molecule has 0 amide bonds. The van der Waals surface area contributed by atoms with Gasteiger partial charge in [-0.2, -0.15) is 0 Å². The maximum absolute atomic E-state index is 10.8. The maximum atomic E-state index is 10.8. The van der Waals surface area contributed by atoms with Crippen LogP contribution in [0, 0.1) is 16.0 Å². The van der Waals surface area contributed by atoms with Crippen molar-refractivity contribution < 1.29 is 4.92 Å². The van der Waals surface area contributed by atoms with Gasteiger partial charge in [0.2, 0.25) is 0 Å². The minimum absolute atomic E-state index is 0.0176. The second-order valence-electron chi connectivity index (χ2n) is 3.82. The highest BCUT2D eigenvalue weighted by Crippen LogP contribution is 2.30. The molecule has 1 atom stereocenters. The number of nitro groups is 1. The van der Waals surface area contributed by atoms with Crippen molar-refractivity contribution in [3.05, 3.63) is 27.0 Å². The first-order valence-electron chi connectivity index (χ1n) is 5.22. The quantitative estimate of drug-likeness (QED) is 0.621. The van der Waals surface area contributed by atoms with Crippen molar-refractivity contribution in [2.75, 3.05) is 25.5 Å². The number of aromatic nitrogens is 1. The summed E-state index contributed by atoms with van der Waals surface area (Å²) >= 11 is 3.26. The SMILES string of the molecule is CNCC(C)CNc1c(Br)cncc1[N+](=O)[O-]. The zero-order valence-corrected chi connectivity index (χ0v) is 11.3. The molecule has 1 heterocycles. The Bertz CT molecular complexity index is 400. The molecule has 0 fully saturated rings. The Hall–Kier alpha value is -1.21. The van der Waals surface area contributed by atoms with Gasteiger partial charge in [-0.3, -0.25) is 15.1 Å². The Labute approximate surface area is 108 Å². The molecule has 1 unspecified atom stereocenters. The summed E-state index contributed by atoms with van der Waals surface area (Å²) in [5.74, 6) is 0.375. The van der Waals surface area contributed by atoms with Gasteiger partial charge >= 0.3 is 5.69 Å². The number of nitrogens with one attached hydrogen (secondary N) is 2. The lowest BCUT2D eigenvalue weighted by Crippen LogP contribution is -2.23. The molecular weight excluding hydrogens is 288 g/mol. The first-order valence-corrected chi connectivity index (χ1v) is 6.02. The topological polar surface area (TPSA) is 80.1 Å². The maximum Gasteiger partial charge on any atom is 0.311 e. The van der Waals surface area contributed by atoms with Crippen molar-refractivity contribution in [1.82, 2.24) is 10.3 Å². The van der Waals surface area contributed by atoms with Gasteiger partial charge in [0.1, 0.15) is 11.9 Å². The van der Waals surface area contributed by atoms with Crippen LogP contribution in [0.1, 0.15) is 6.92 Å². The highest BCUT2D eigenvalue weighted by molar-refractivity contribution is 9.10. The predicted molar refractivity (Wildman–Crippen MR) is 70.2 cm³/mol. The fourth-order valence-electron chi connectivity index (χ4n) is 1.44. The van der Waals surface area contributed by atoms with Crippen LogP contribution in [0.2, 0.25) is 0 Å². The number of hydrogen-bond acceptors (Lipinski definition) is 5. The van der Waals surface area contributed by atoms with Gasteiger partial charge in [-0.15, -0.1) is 0 Å². The van der Waals surface area contributed by atoms with Crippen molar-refractivity contribution >= 4 is 27.3 Å². The van der Waals surface area contributed by atoms with Crippen LogP contribution in [0.5, 0.6) is 0 Å². The summed E-state index contributed by atoms with van der Waals surface area (Å²) in [6.45, 7) is 3.57. The zero-order valence-electron chi connectivity index (χ0n) is 9.74. The van der Waals surface area contributed by atoms with E-state index in [4.69, 9.17) is 0 Å². The Morgan fingerprint density at radius 2 is 2.24 bits per heavy atom. The third kappa shape index (κ3) is 3.94. The molecule has 17 heavy (non-hydrogen) atoms. The van der Waals surface area contributed by atoms with E-state index in [2.05, 4.69) is 38.5 Å². The zero-order chi connectivity index (χ0) is 12.8. The second-order valence-corrected chi connectivity index (χ2v) is 4.67. The van der Waals surface area contributed by atoms with E-state index >= 15 is 0 Å². The van der Waals surface area contributed by atoms with E-state index in [9.17, 15) is 10.1 Å². The lowest BCUT2D eigenvalue weighted by molar-refractivity contribution is -0.384. The van der Waals surface area contributed by atoms with E-state index < -0.39 is 4.92 Å². The number of pyridine rings is 1. The molecule has 7 heteroatoms. The van der Waals surface area contributed by atoms with Gasteiger partial charge in [0, 0.05) is 12.7 Å². The van der Waals surface area contributed by atoms with Crippen LogP contribution < -0.4 is 10.6 Å². The van der Waals surface area contributed by atoms with Crippen molar-refractivity contribution in [1.29, 1.82) is 0 Å². The second kappa shape index (κ2) is 6.51. The third-order valence-electron chi connectivity index (χ3n) is 2.26. The average Bonchev–Trinajstić information content (AvgIpc) is 2.27. The number of hydrogen-bond donors (Lipinski definition) is 2. The Balaban J connectivity index is 2.79. The molecule has 0 aliphatic heterocycles. The van der Waals surface area contributed by atoms with Gasteiger partial charge in [0.05, 0.1) is 9.40 Å². The number of halogens is 1. The lowest BCUT2D eigenvalue weighted by Gasteiger charge is -2.13. The fourth-order valence-corrected chi connectivity index (χ4v) is 1.90. The van der Waals surface area contributed by atoms with Crippen LogP contribution in [-0.2, 0) is 0 Å². The van der Waals surface area contributed by atoms with Crippen molar-refractivity contribution in [2.24, 2.45) is 5.92 Å². The molecule has 1 aromatic heterocycles. The van der Waals surface area contributed by atoms with E-state index in [0.29, 0.717) is 22.6 Å². The highest BCUT2D eigenvalue weighted by Gasteiger charge is 2.17. The summed E-state index contributed by atoms with van der Waals surface area (Å²) in [4.78, 5) is 14.2. The number of nitrogens with zero attached hydrogens (tertiary/aromatic N) is 2. The first-order chi connectivity index (χ1) is 8.06. The monoisotopic (exact) mass is 302 g/mol. The van der Waals surface area contributed by atoms with Gasteiger partial charge < -0.3 is 10.6 Å². The van der Waals surface area contributed by atoms with E-state index in [1.807, 2.05) is 7.05 Å². The lowest BCUT2D eigenvalue weighted by atomic mass is 10.2. The molecule has 6 nitrogen and oxygen atoms in total. The van der Waals surface area contributed by atoms with E-state index in [-0.39, 0.29) is 5.69 Å². The molecule has 0 spiro atoms. The minimum atomic E-state index is -0.442. The Morgan fingerprint density at radius 1 is 1.53 bits per heavy atom. The molecule has 0 saturated heterocycles. The smallest absolute Gasteiger partial charge is 0.311 e. The van der Waals surface area contributed by atoms with Crippen LogP contribution in [0.4, 0.5) is 11.4 Å². The first kappa shape index (κ1) is 13.9. The summed E-state index contributed by atoms with van der Waals surface area (Å²) in [5.41, 5.74) is 0.462. The van der Waals surface area contributed by atoms with Crippen molar-refractivity contribution in [3.63, 3.8) is 0 Å². The van der Waals surface area contributed by atoms with Gasteiger partial charge in [0.15, 0.2) is 0 Å². The molecule has 0 aliphatic carbocycles. The number of rotatable bonds is 6. The summed E-state index contributed by atoms with van der Waals surface area (Å²) in [7, 11) is 1.88. The molecule has 0 aromatic carbocycles. The molecule has 94 valence electrons. The van der Waals surface area contributed by atoms with Crippen LogP contribution in [0.3, 0.4) is 0 Å². The molecular formula is C10H15BrN4O2. The summed E-state index contributed by atoms with van der Waals surface area (Å²) in [6, 6.07) is 0. The van der Waals surface area contributed by atoms with Crippen LogP contribution in [0.25, 0.3) is 0 Å². The van der Waals surface area contributed by atoms with Gasteiger partial charge in [-0.1, -0.05) is 6.92 Å². The fraction of sp³-hybridized carbons (Fsp3) is 0.500. The molecule has 0 radical (unpaired) electrons. The third-order valence-corrected chi connectivity index (χ3v) is 2.86. The standard InChI is InChI=1S/C10H15BrN4O2/c1-7(3-12-2)4-14-10-8(11)5-13-6-9(10)15(16)17/h5-7,12H,3-4H2,1-2H3,(H,13,14). The molecule has 0 saturated carbocycles. The van der Waals surface area contributed by atoms with E-state index in [1.54, 1.807) is 0 Å². The molecule has 1 aromatic rings. The molecule has 0 aliphatic rings. The average molecular weight is 303 g/mol. The van der Waals surface area contributed by atoms with Gasteiger partial charge in [-0.05, 0) is 35.4 Å². The molecule has 1 rings (SSSR count).